The molecule has 0 aliphatic heterocycles. The van der Waals surface area contributed by atoms with Crippen molar-refractivity contribution < 1.29 is 4.79 Å². The summed E-state index contributed by atoms with van der Waals surface area (Å²) in [5, 5.41) is 9.30. The maximum Gasteiger partial charge on any atom is 0.254 e. The van der Waals surface area contributed by atoms with E-state index < -0.39 is 0 Å². The lowest BCUT2D eigenvalue weighted by Crippen LogP contribution is -2.30. The average Bonchev–Trinajstić information content (AvgIpc) is 2.93. The fraction of sp³-hybridized carbons (Fsp3) is 0.167. The van der Waals surface area contributed by atoms with E-state index in [4.69, 9.17) is 11.6 Å². The lowest BCUT2D eigenvalue weighted by atomic mass is 10.1. The number of rotatable bonds is 5. The molecule has 0 saturated heterocycles. The van der Waals surface area contributed by atoms with E-state index in [9.17, 15) is 4.79 Å². The minimum absolute atomic E-state index is 0.183. The molecular formula is C18H18ClN5O. The largest absolute Gasteiger partial charge is 0.301 e. The second-order valence-corrected chi connectivity index (χ2v) is 6.21. The number of hydrazone groups is 1. The zero-order valence-corrected chi connectivity index (χ0v) is 14.7. The molecule has 0 radical (unpaired) electrons. The highest BCUT2D eigenvalue weighted by molar-refractivity contribution is 6.33. The van der Waals surface area contributed by atoms with Crippen molar-refractivity contribution in [3.05, 3.63) is 59.2 Å². The molecule has 3 aromatic rings. The van der Waals surface area contributed by atoms with Crippen LogP contribution >= 0.6 is 11.6 Å². The highest BCUT2D eigenvalue weighted by Crippen LogP contribution is 2.30. The Bertz CT molecular complexity index is 932. The number of hydrogen-bond donors (Lipinski definition) is 1. The minimum atomic E-state index is -0.183. The molecule has 2 heterocycles. The first-order valence-electron chi connectivity index (χ1n) is 7.75. The molecule has 0 saturated carbocycles. The molecule has 25 heavy (non-hydrogen) atoms. The van der Waals surface area contributed by atoms with Crippen LogP contribution in [0.4, 0.5) is 0 Å². The fourth-order valence-corrected chi connectivity index (χ4v) is 2.71. The topological polar surface area (TPSA) is 62.0 Å². The number of nitrogens with zero attached hydrogens (tertiary/aromatic N) is 4. The van der Waals surface area contributed by atoms with Gasteiger partial charge in [-0.2, -0.15) is 10.2 Å². The lowest BCUT2D eigenvalue weighted by molar-refractivity contribution is -0.121. The van der Waals surface area contributed by atoms with Gasteiger partial charge in [-0.25, -0.2) is 9.94 Å². The van der Waals surface area contributed by atoms with Gasteiger partial charge >= 0.3 is 0 Å². The number of benzene rings is 1. The Hall–Kier alpha value is -2.70. The number of fused-ring (bicyclic) bond motifs is 1. The average molecular weight is 356 g/mol. The fourth-order valence-electron chi connectivity index (χ4n) is 2.49. The van der Waals surface area contributed by atoms with Crippen molar-refractivity contribution in [2.45, 2.75) is 0 Å². The van der Waals surface area contributed by atoms with Gasteiger partial charge < -0.3 is 4.90 Å². The van der Waals surface area contributed by atoms with Crippen LogP contribution in [0.5, 0.6) is 0 Å². The number of nitrogens with one attached hydrogen (secondary N) is 1. The number of hydrogen-bond acceptors (Lipinski definition) is 4. The molecule has 7 heteroatoms. The molecule has 0 fully saturated rings. The van der Waals surface area contributed by atoms with Gasteiger partial charge in [0.2, 0.25) is 0 Å². The standard InChI is InChI=1S/C18H18ClN5O/c1-23(2)12-17(25)21-20-11-14-16-9-5-6-10-24(16)22-18(14)13-7-3-4-8-15(13)19/h3-11H,12H2,1-2H3,(H,21,25). The summed E-state index contributed by atoms with van der Waals surface area (Å²) in [5.74, 6) is -0.183. The predicted octanol–water partition coefficient (Wildman–Crippen LogP) is 2.67. The Labute approximate surface area is 150 Å². The molecule has 1 amide bonds. The molecule has 0 atom stereocenters. The van der Waals surface area contributed by atoms with Gasteiger partial charge in [0.25, 0.3) is 5.91 Å². The summed E-state index contributed by atoms with van der Waals surface area (Å²) in [4.78, 5) is 13.5. The van der Waals surface area contributed by atoms with Crippen LogP contribution in [0.15, 0.2) is 53.8 Å². The molecule has 128 valence electrons. The van der Waals surface area contributed by atoms with Crippen molar-refractivity contribution >= 4 is 29.2 Å². The van der Waals surface area contributed by atoms with Crippen molar-refractivity contribution in [3.63, 3.8) is 0 Å². The summed E-state index contributed by atoms with van der Waals surface area (Å²) in [5.41, 5.74) is 5.72. The zero-order valence-electron chi connectivity index (χ0n) is 14.0. The van der Waals surface area contributed by atoms with Crippen molar-refractivity contribution in [3.8, 4) is 11.3 Å². The van der Waals surface area contributed by atoms with Gasteiger partial charge in [-0.15, -0.1) is 0 Å². The van der Waals surface area contributed by atoms with Crippen LogP contribution in [0, 0.1) is 0 Å². The van der Waals surface area contributed by atoms with Gasteiger partial charge in [0.15, 0.2) is 0 Å². The van der Waals surface area contributed by atoms with E-state index in [1.54, 1.807) is 15.6 Å². The Morgan fingerprint density at radius 2 is 2.04 bits per heavy atom. The number of carbonyl (C=O) groups excluding carboxylic acids is 1. The van der Waals surface area contributed by atoms with Gasteiger partial charge in [-0.3, -0.25) is 4.79 Å². The molecule has 0 aliphatic carbocycles. The van der Waals surface area contributed by atoms with E-state index in [-0.39, 0.29) is 12.5 Å². The van der Waals surface area contributed by atoms with Crippen LogP contribution < -0.4 is 5.43 Å². The van der Waals surface area contributed by atoms with E-state index >= 15 is 0 Å². The van der Waals surface area contributed by atoms with Gasteiger partial charge in [0, 0.05) is 17.3 Å². The van der Waals surface area contributed by atoms with Crippen LogP contribution in [-0.4, -0.2) is 47.3 Å². The maximum atomic E-state index is 11.7. The lowest BCUT2D eigenvalue weighted by Gasteiger charge is -2.06. The van der Waals surface area contributed by atoms with Crippen LogP contribution in [0.25, 0.3) is 16.8 Å². The highest BCUT2D eigenvalue weighted by Gasteiger charge is 2.15. The summed E-state index contributed by atoms with van der Waals surface area (Å²) in [7, 11) is 3.65. The Morgan fingerprint density at radius 3 is 2.80 bits per heavy atom. The van der Waals surface area contributed by atoms with Crippen molar-refractivity contribution in [1.82, 2.24) is 19.9 Å². The first kappa shape index (κ1) is 17.1. The van der Waals surface area contributed by atoms with Gasteiger partial charge in [-0.05, 0) is 32.3 Å². The summed E-state index contributed by atoms with van der Waals surface area (Å²) in [6.45, 7) is 0.267. The SMILES string of the molecule is CN(C)CC(=O)NN=Cc1c(-c2ccccc2Cl)nn2ccccc12. The minimum Gasteiger partial charge on any atom is -0.301 e. The van der Waals surface area contributed by atoms with Crippen molar-refractivity contribution in [2.75, 3.05) is 20.6 Å². The molecule has 2 aromatic heterocycles. The predicted molar refractivity (Wildman–Crippen MR) is 99.9 cm³/mol. The van der Waals surface area contributed by atoms with Crippen LogP contribution in [-0.2, 0) is 4.79 Å². The Morgan fingerprint density at radius 1 is 1.28 bits per heavy atom. The number of pyridine rings is 1. The smallest absolute Gasteiger partial charge is 0.254 e. The molecule has 1 N–H and O–H groups in total. The van der Waals surface area contributed by atoms with Crippen molar-refractivity contribution in [2.24, 2.45) is 5.10 Å². The van der Waals surface area contributed by atoms with E-state index in [2.05, 4.69) is 15.6 Å². The third-order valence-corrected chi connectivity index (χ3v) is 3.88. The number of carbonyl (C=O) groups is 1. The van der Waals surface area contributed by atoms with Crippen LogP contribution in [0.2, 0.25) is 5.02 Å². The molecule has 0 spiro atoms. The molecule has 1 aromatic carbocycles. The molecule has 0 aliphatic rings. The molecule has 3 rings (SSSR count). The first-order chi connectivity index (χ1) is 12.1. The molecule has 0 bridgehead atoms. The number of halogens is 1. The van der Waals surface area contributed by atoms with E-state index in [1.807, 2.05) is 62.8 Å². The molecule has 6 nitrogen and oxygen atoms in total. The Balaban J connectivity index is 2.00. The number of likely N-dealkylation sites (N-methyl/N-ethyl adjacent to an activating group) is 1. The summed E-state index contributed by atoms with van der Waals surface area (Å²) < 4.78 is 1.77. The monoisotopic (exact) mass is 355 g/mol. The van der Waals surface area contributed by atoms with E-state index in [0.29, 0.717) is 10.7 Å². The molecule has 0 unspecified atom stereocenters. The van der Waals surface area contributed by atoms with Gasteiger partial charge in [0.1, 0.15) is 5.69 Å². The van der Waals surface area contributed by atoms with E-state index in [0.717, 1.165) is 16.6 Å². The number of aromatic nitrogens is 2. The van der Waals surface area contributed by atoms with Gasteiger partial charge in [0.05, 0.1) is 23.3 Å². The van der Waals surface area contributed by atoms with Crippen LogP contribution in [0.1, 0.15) is 5.56 Å². The van der Waals surface area contributed by atoms with Crippen molar-refractivity contribution in [1.29, 1.82) is 0 Å². The second kappa shape index (κ2) is 7.46. The van der Waals surface area contributed by atoms with Gasteiger partial charge in [-0.1, -0.05) is 35.9 Å². The Kier molecular flexibility index (Phi) is 5.11. The summed E-state index contributed by atoms with van der Waals surface area (Å²) in [6, 6.07) is 13.3. The third kappa shape index (κ3) is 3.87. The summed E-state index contributed by atoms with van der Waals surface area (Å²) >= 11 is 6.33. The first-order valence-corrected chi connectivity index (χ1v) is 8.13. The second-order valence-electron chi connectivity index (χ2n) is 5.80. The number of amides is 1. The van der Waals surface area contributed by atoms with Crippen LogP contribution in [0.3, 0.4) is 0 Å². The normalized spacial score (nSPS) is 11.5. The third-order valence-electron chi connectivity index (χ3n) is 3.55. The van der Waals surface area contributed by atoms with E-state index in [1.165, 1.54) is 0 Å². The summed E-state index contributed by atoms with van der Waals surface area (Å²) in [6.07, 6.45) is 3.46. The maximum absolute atomic E-state index is 11.7. The highest BCUT2D eigenvalue weighted by atomic mass is 35.5. The quantitative estimate of drug-likeness (QED) is 0.565. The zero-order chi connectivity index (χ0) is 17.8. The molecular weight excluding hydrogens is 338 g/mol.